The lowest BCUT2D eigenvalue weighted by molar-refractivity contribution is 0.188. The van der Waals surface area contributed by atoms with Gasteiger partial charge in [0.1, 0.15) is 17.3 Å². The van der Waals surface area contributed by atoms with Gasteiger partial charge in [-0.3, -0.25) is 9.88 Å². The van der Waals surface area contributed by atoms with Crippen LogP contribution < -0.4 is 4.90 Å². The highest BCUT2D eigenvalue weighted by Crippen LogP contribution is 2.33. The summed E-state index contributed by atoms with van der Waals surface area (Å²) >= 11 is 0. The molecule has 0 spiro atoms. The minimum Gasteiger partial charge on any atom is -0.395 e. The molecule has 8 heteroatoms. The van der Waals surface area contributed by atoms with Gasteiger partial charge >= 0.3 is 0 Å². The number of aliphatic hydroxyl groups is 1. The first kappa shape index (κ1) is 20.5. The van der Waals surface area contributed by atoms with Crippen molar-refractivity contribution in [3.05, 3.63) is 66.2 Å². The van der Waals surface area contributed by atoms with Crippen LogP contribution in [0, 0.1) is 12.7 Å². The summed E-state index contributed by atoms with van der Waals surface area (Å²) in [5, 5.41) is 14.1. The first-order valence-electron chi connectivity index (χ1n) is 10.8. The lowest BCUT2D eigenvalue weighted by Gasteiger charge is -2.34. The number of halogens is 1. The van der Waals surface area contributed by atoms with Gasteiger partial charge in [-0.25, -0.2) is 13.9 Å². The van der Waals surface area contributed by atoms with E-state index in [1.54, 1.807) is 12.4 Å². The molecule has 0 bridgehead atoms. The Bertz CT molecular complexity index is 1210. The maximum absolute atomic E-state index is 14.2. The van der Waals surface area contributed by atoms with Gasteiger partial charge in [0.05, 0.1) is 12.3 Å². The predicted octanol–water partition coefficient (Wildman–Crippen LogP) is 3.02. The van der Waals surface area contributed by atoms with Crippen LogP contribution in [0.4, 0.5) is 10.2 Å². The number of aliphatic hydroxyl groups excluding tert-OH is 1. The Labute approximate surface area is 185 Å². The Balaban J connectivity index is 1.61. The van der Waals surface area contributed by atoms with Crippen LogP contribution in [0.3, 0.4) is 0 Å². The maximum atomic E-state index is 14.2. The van der Waals surface area contributed by atoms with Crippen molar-refractivity contribution in [1.82, 2.24) is 24.5 Å². The zero-order chi connectivity index (χ0) is 22.1. The van der Waals surface area contributed by atoms with E-state index >= 15 is 0 Å². The Hall–Kier alpha value is -3.36. The van der Waals surface area contributed by atoms with Crippen molar-refractivity contribution < 1.29 is 9.50 Å². The van der Waals surface area contributed by atoms with Gasteiger partial charge in [0.15, 0.2) is 5.65 Å². The molecule has 1 saturated heterocycles. The van der Waals surface area contributed by atoms with E-state index in [1.807, 2.05) is 41.8 Å². The fourth-order valence-corrected chi connectivity index (χ4v) is 4.28. The third kappa shape index (κ3) is 3.94. The predicted molar refractivity (Wildman–Crippen MR) is 122 cm³/mol. The van der Waals surface area contributed by atoms with Crippen LogP contribution in [0.5, 0.6) is 0 Å². The molecule has 164 valence electrons. The average molecular weight is 433 g/mol. The number of piperazine rings is 1. The van der Waals surface area contributed by atoms with Gasteiger partial charge in [-0.2, -0.15) is 0 Å². The SMILES string of the molecule is Cc1cc(F)cc(-c2nc3ccc(N4CCN(CCO)CC4)nn3c2-c2ccncc2)c1. The minimum atomic E-state index is -0.285. The van der Waals surface area contributed by atoms with Crippen molar-refractivity contribution in [2.24, 2.45) is 0 Å². The molecule has 4 aromatic rings. The molecule has 32 heavy (non-hydrogen) atoms. The van der Waals surface area contributed by atoms with Crippen molar-refractivity contribution >= 4 is 11.5 Å². The summed E-state index contributed by atoms with van der Waals surface area (Å²) in [6, 6.07) is 12.8. The van der Waals surface area contributed by atoms with Crippen LogP contribution in [0.2, 0.25) is 0 Å². The number of hydrogen-bond acceptors (Lipinski definition) is 6. The average Bonchev–Trinajstić information content (AvgIpc) is 3.19. The first-order valence-corrected chi connectivity index (χ1v) is 10.8. The van der Waals surface area contributed by atoms with Crippen LogP contribution in [0.15, 0.2) is 54.9 Å². The number of β-amino-alcohol motifs (C(OH)–C–C–N with tert-alkyl or cyclic N) is 1. The standard InChI is InChI=1S/C24H25FN6O/c1-17-14-19(16-20(25)15-17)23-24(18-4-6-26-7-5-18)31-21(27-23)2-3-22(28-31)30-10-8-29(9-11-30)12-13-32/h2-7,14-16,32H,8-13H2,1H3. The molecule has 0 atom stereocenters. The summed E-state index contributed by atoms with van der Waals surface area (Å²) in [7, 11) is 0. The van der Waals surface area contributed by atoms with Crippen molar-refractivity contribution in [2.45, 2.75) is 6.92 Å². The third-order valence-electron chi connectivity index (χ3n) is 5.85. The summed E-state index contributed by atoms with van der Waals surface area (Å²) in [5.41, 5.74) is 4.69. The minimum absolute atomic E-state index is 0.177. The van der Waals surface area contributed by atoms with Crippen LogP contribution in [-0.4, -0.2) is 68.9 Å². The smallest absolute Gasteiger partial charge is 0.155 e. The highest BCUT2D eigenvalue weighted by atomic mass is 19.1. The monoisotopic (exact) mass is 432 g/mol. The lowest BCUT2D eigenvalue weighted by Crippen LogP contribution is -2.47. The molecule has 3 aromatic heterocycles. The van der Waals surface area contributed by atoms with E-state index in [9.17, 15) is 9.50 Å². The molecule has 1 aliphatic rings. The summed E-state index contributed by atoms with van der Waals surface area (Å²) in [6.45, 7) is 6.20. The second-order valence-corrected chi connectivity index (χ2v) is 8.08. The molecule has 0 radical (unpaired) electrons. The van der Waals surface area contributed by atoms with E-state index < -0.39 is 0 Å². The first-order chi connectivity index (χ1) is 15.6. The number of aryl methyl sites for hydroxylation is 1. The Morgan fingerprint density at radius 1 is 0.969 bits per heavy atom. The van der Waals surface area contributed by atoms with E-state index in [2.05, 4.69) is 14.8 Å². The topological polar surface area (TPSA) is 69.8 Å². The van der Waals surface area contributed by atoms with E-state index in [0.29, 0.717) is 17.9 Å². The third-order valence-corrected chi connectivity index (χ3v) is 5.85. The van der Waals surface area contributed by atoms with Gasteiger partial charge in [-0.1, -0.05) is 0 Å². The highest BCUT2D eigenvalue weighted by Gasteiger charge is 2.21. The number of hydrogen-bond donors (Lipinski definition) is 1. The molecule has 0 amide bonds. The van der Waals surface area contributed by atoms with E-state index in [1.165, 1.54) is 12.1 Å². The number of benzene rings is 1. The van der Waals surface area contributed by atoms with Crippen molar-refractivity contribution in [2.75, 3.05) is 44.2 Å². The number of rotatable bonds is 5. The molecule has 1 aromatic carbocycles. The van der Waals surface area contributed by atoms with E-state index in [0.717, 1.165) is 54.4 Å². The van der Waals surface area contributed by atoms with Crippen LogP contribution in [-0.2, 0) is 0 Å². The van der Waals surface area contributed by atoms with E-state index in [-0.39, 0.29) is 12.4 Å². The van der Waals surface area contributed by atoms with Gasteiger partial charge in [0.25, 0.3) is 0 Å². The Morgan fingerprint density at radius 3 is 2.47 bits per heavy atom. The normalized spacial score (nSPS) is 14.9. The molecule has 0 saturated carbocycles. The number of fused-ring (bicyclic) bond motifs is 1. The largest absolute Gasteiger partial charge is 0.395 e. The van der Waals surface area contributed by atoms with Gasteiger partial charge in [0.2, 0.25) is 0 Å². The quantitative estimate of drug-likeness (QED) is 0.523. The second kappa shape index (κ2) is 8.64. The Morgan fingerprint density at radius 2 is 1.75 bits per heavy atom. The molecule has 7 nitrogen and oxygen atoms in total. The molecular formula is C24H25FN6O. The number of nitrogens with zero attached hydrogens (tertiary/aromatic N) is 6. The number of anilines is 1. The molecule has 0 unspecified atom stereocenters. The molecule has 5 rings (SSSR count). The maximum Gasteiger partial charge on any atom is 0.155 e. The van der Waals surface area contributed by atoms with Crippen LogP contribution in [0.1, 0.15) is 5.56 Å². The Kier molecular flexibility index (Phi) is 5.55. The summed E-state index contributed by atoms with van der Waals surface area (Å²) in [4.78, 5) is 13.5. The van der Waals surface area contributed by atoms with Crippen molar-refractivity contribution in [1.29, 1.82) is 0 Å². The molecule has 0 aliphatic carbocycles. The highest BCUT2D eigenvalue weighted by molar-refractivity contribution is 5.82. The molecular weight excluding hydrogens is 407 g/mol. The number of pyridine rings is 1. The van der Waals surface area contributed by atoms with Gasteiger partial charge in [-0.05, 0) is 55.0 Å². The number of imidazole rings is 1. The van der Waals surface area contributed by atoms with Gasteiger partial charge < -0.3 is 10.0 Å². The zero-order valence-electron chi connectivity index (χ0n) is 17.9. The zero-order valence-corrected chi connectivity index (χ0v) is 17.9. The molecule has 4 heterocycles. The summed E-state index contributed by atoms with van der Waals surface area (Å²) in [6.07, 6.45) is 3.47. The molecule has 1 N–H and O–H groups in total. The molecule has 1 fully saturated rings. The van der Waals surface area contributed by atoms with Gasteiger partial charge in [-0.15, -0.1) is 5.10 Å². The second-order valence-electron chi connectivity index (χ2n) is 8.08. The lowest BCUT2D eigenvalue weighted by atomic mass is 10.0. The van der Waals surface area contributed by atoms with Crippen molar-refractivity contribution in [3.63, 3.8) is 0 Å². The van der Waals surface area contributed by atoms with E-state index in [4.69, 9.17) is 10.1 Å². The summed E-state index contributed by atoms with van der Waals surface area (Å²) < 4.78 is 16.1. The van der Waals surface area contributed by atoms with Crippen LogP contribution >= 0.6 is 0 Å². The van der Waals surface area contributed by atoms with Gasteiger partial charge in [0, 0.05) is 56.2 Å². The molecule has 1 aliphatic heterocycles. The van der Waals surface area contributed by atoms with Crippen molar-refractivity contribution in [3.8, 4) is 22.5 Å². The fourth-order valence-electron chi connectivity index (χ4n) is 4.28. The summed E-state index contributed by atoms with van der Waals surface area (Å²) in [5.74, 6) is 0.586. The fraction of sp³-hybridized carbons (Fsp3) is 0.292. The number of aromatic nitrogens is 4. The van der Waals surface area contributed by atoms with Crippen LogP contribution in [0.25, 0.3) is 28.2 Å².